The Morgan fingerprint density at radius 1 is 1.43 bits per heavy atom. The molecule has 2 N–H and O–H groups in total. The molecule has 2 bridgehead atoms. The Kier molecular flexibility index (Phi) is 5.28. The molecule has 2 fully saturated rings. The van der Waals surface area contributed by atoms with Gasteiger partial charge in [0.2, 0.25) is 0 Å². The Balaban J connectivity index is 1.67. The molecule has 5 nitrogen and oxygen atoms in total. The molecule has 0 saturated carbocycles. The Morgan fingerprint density at radius 3 is 2.96 bits per heavy atom. The lowest BCUT2D eigenvalue weighted by Crippen LogP contribution is -2.47. The van der Waals surface area contributed by atoms with E-state index >= 15 is 0 Å². The van der Waals surface area contributed by atoms with Crippen LogP contribution in [-0.2, 0) is 11.3 Å². The van der Waals surface area contributed by atoms with Gasteiger partial charge in [-0.3, -0.25) is 0 Å². The van der Waals surface area contributed by atoms with Crippen LogP contribution in [0.25, 0.3) is 0 Å². The number of rotatable bonds is 5. The Hall–Kier alpha value is -1.46. The molecule has 1 aromatic carbocycles. The summed E-state index contributed by atoms with van der Waals surface area (Å²) in [5, 5.41) is 7.48. The number of guanidine groups is 1. The summed E-state index contributed by atoms with van der Waals surface area (Å²) in [5.74, 6) is 1.59. The van der Waals surface area contributed by atoms with Crippen molar-refractivity contribution in [3.63, 3.8) is 0 Å². The summed E-state index contributed by atoms with van der Waals surface area (Å²) in [7, 11) is 1.65. The molecular formula is C17H24ClN3O2. The summed E-state index contributed by atoms with van der Waals surface area (Å²) < 4.78 is 11.3. The average Bonchev–Trinajstić information content (AvgIpc) is 3.16. The van der Waals surface area contributed by atoms with Gasteiger partial charge in [0, 0.05) is 17.1 Å². The first kappa shape index (κ1) is 16.4. The van der Waals surface area contributed by atoms with E-state index in [1.807, 2.05) is 18.2 Å². The van der Waals surface area contributed by atoms with E-state index in [0.717, 1.165) is 36.7 Å². The zero-order valence-corrected chi connectivity index (χ0v) is 14.4. The van der Waals surface area contributed by atoms with Gasteiger partial charge in [-0.2, -0.15) is 0 Å². The van der Waals surface area contributed by atoms with Crippen LogP contribution < -0.4 is 15.4 Å². The topological polar surface area (TPSA) is 54.9 Å². The van der Waals surface area contributed by atoms with Crippen LogP contribution >= 0.6 is 11.6 Å². The van der Waals surface area contributed by atoms with Crippen LogP contribution in [0, 0.1) is 0 Å². The number of ether oxygens (including phenoxy) is 2. The number of hydrogen-bond acceptors (Lipinski definition) is 3. The fourth-order valence-corrected chi connectivity index (χ4v) is 3.46. The number of halogens is 1. The fourth-order valence-electron chi connectivity index (χ4n) is 3.30. The Bertz CT molecular complexity index is 579. The fraction of sp³-hybridized carbons (Fsp3) is 0.588. The van der Waals surface area contributed by atoms with Gasteiger partial charge in [0.15, 0.2) is 5.96 Å². The van der Waals surface area contributed by atoms with Crippen LogP contribution in [-0.4, -0.2) is 37.9 Å². The highest BCUT2D eigenvalue weighted by molar-refractivity contribution is 6.30. The molecule has 0 spiro atoms. The van der Waals surface area contributed by atoms with Crippen molar-refractivity contribution in [1.82, 2.24) is 10.6 Å². The van der Waals surface area contributed by atoms with Crippen LogP contribution in [0.2, 0.25) is 5.02 Å². The molecule has 2 aliphatic heterocycles. The highest BCUT2D eigenvalue weighted by Crippen LogP contribution is 2.34. The van der Waals surface area contributed by atoms with Gasteiger partial charge in [0.1, 0.15) is 5.75 Å². The lowest BCUT2D eigenvalue weighted by atomic mass is 9.96. The molecule has 0 aromatic heterocycles. The zero-order valence-electron chi connectivity index (χ0n) is 13.6. The maximum Gasteiger partial charge on any atom is 0.191 e. The molecule has 6 heteroatoms. The predicted molar refractivity (Wildman–Crippen MR) is 92.3 cm³/mol. The number of hydrogen-bond donors (Lipinski definition) is 2. The average molecular weight is 338 g/mol. The minimum absolute atomic E-state index is 0.328. The van der Waals surface area contributed by atoms with Gasteiger partial charge >= 0.3 is 0 Å². The van der Waals surface area contributed by atoms with Crippen molar-refractivity contribution in [3.8, 4) is 5.75 Å². The summed E-state index contributed by atoms with van der Waals surface area (Å²) in [6.07, 6.45) is 4.16. The zero-order chi connectivity index (χ0) is 16.2. The number of aliphatic imine (C=N–C) groups is 1. The molecule has 23 heavy (non-hydrogen) atoms. The molecule has 0 amide bonds. The van der Waals surface area contributed by atoms with E-state index in [-0.39, 0.29) is 0 Å². The van der Waals surface area contributed by atoms with E-state index in [4.69, 9.17) is 21.1 Å². The van der Waals surface area contributed by atoms with E-state index < -0.39 is 0 Å². The van der Waals surface area contributed by atoms with Crippen molar-refractivity contribution in [2.75, 3.05) is 13.7 Å². The summed E-state index contributed by atoms with van der Waals surface area (Å²) in [5.41, 5.74) is 1.01. The molecule has 1 aromatic rings. The van der Waals surface area contributed by atoms with Crippen molar-refractivity contribution in [1.29, 1.82) is 0 Å². The standard InChI is InChI=1S/C17H24ClN3O2/c1-3-19-17(21-14-9-13-6-7-15(14)23-13)20-10-11-4-5-12(18)8-16(11)22-2/h4-5,8,13-15H,3,6-7,9-10H2,1-2H3,(H2,19,20,21). The van der Waals surface area contributed by atoms with Crippen LogP contribution in [0.3, 0.4) is 0 Å². The lowest BCUT2D eigenvalue weighted by Gasteiger charge is -2.22. The maximum absolute atomic E-state index is 6.00. The van der Waals surface area contributed by atoms with E-state index in [1.165, 1.54) is 6.42 Å². The molecule has 2 aliphatic rings. The van der Waals surface area contributed by atoms with Crippen LogP contribution in [0.15, 0.2) is 23.2 Å². The highest BCUT2D eigenvalue weighted by atomic mass is 35.5. The van der Waals surface area contributed by atoms with Crippen molar-refractivity contribution < 1.29 is 9.47 Å². The van der Waals surface area contributed by atoms with Gasteiger partial charge in [0.05, 0.1) is 31.9 Å². The number of nitrogens with one attached hydrogen (secondary N) is 2. The van der Waals surface area contributed by atoms with Gasteiger partial charge in [-0.15, -0.1) is 0 Å². The summed E-state index contributed by atoms with van der Waals surface area (Å²) in [4.78, 5) is 4.68. The minimum Gasteiger partial charge on any atom is -0.496 e. The quantitative estimate of drug-likeness (QED) is 0.641. The van der Waals surface area contributed by atoms with Crippen molar-refractivity contribution >= 4 is 17.6 Å². The summed E-state index contributed by atoms with van der Waals surface area (Å²) in [6, 6.07) is 5.99. The molecular weight excluding hydrogens is 314 g/mol. The molecule has 3 unspecified atom stereocenters. The Morgan fingerprint density at radius 2 is 2.30 bits per heavy atom. The van der Waals surface area contributed by atoms with Gasteiger partial charge in [-0.1, -0.05) is 17.7 Å². The monoisotopic (exact) mass is 337 g/mol. The van der Waals surface area contributed by atoms with Gasteiger partial charge in [-0.25, -0.2) is 4.99 Å². The number of fused-ring (bicyclic) bond motifs is 2. The maximum atomic E-state index is 6.00. The first-order valence-electron chi connectivity index (χ1n) is 8.22. The second-order valence-corrected chi connectivity index (χ2v) is 6.45. The largest absolute Gasteiger partial charge is 0.496 e. The van der Waals surface area contributed by atoms with E-state index in [1.54, 1.807) is 7.11 Å². The first-order valence-corrected chi connectivity index (χ1v) is 8.60. The lowest BCUT2D eigenvalue weighted by molar-refractivity contribution is 0.0992. The molecule has 3 atom stereocenters. The summed E-state index contributed by atoms with van der Waals surface area (Å²) >= 11 is 6.00. The van der Waals surface area contributed by atoms with Crippen molar-refractivity contribution in [3.05, 3.63) is 28.8 Å². The van der Waals surface area contributed by atoms with E-state index in [2.05, 4.69) is 22.5 Å². The molecule has 0 radical (unpaired) electrons. The first-order chi connectivity index (χ1) is 11.2. The normalized spacial score (nSPS) is 26.4. The van der Waals surface area contributed by atoms with Crippen LogP contribution in [0.1, 0.15) is 31.7 Å². The van der Waals surface area contributed by atoms with Crippen molar-refractivity contribution in [2.45, 2.75) is 51.0 Å². The smallest absolute Gasteiger partial charge is 0.191 e. The molecule has 2 saturated heterocycles. The molecule has 3 rings (SSSR count). The highest BCUT2D eigenvalue weighted by Gasteiger charge is 2.41. The summed E-state index contributed by atoms with van der Waals surface area (Å²) in [6.45, 7) is 3.43. The predicted octanol–water partition coefficient (Wildman–Crippen LogP) is 2.72. The van der Waals surface area contributed by atoms with Crippen LogP contribution in [0.4, 0.5) is 0 Å². The third kappa shape index (κ3) is 3.90. The second-order valence-electron chi connectivity index (χ2n) is 6.01. The molecule has 2 heterocycles. The Labute approximate surface area is 142 Å². The van der Waals surface area contributed by atoms with Gasteiger partial charge in [-0.05, 0) is 38.3 Å². The minimum atomic E-state index is 0.328. The second kappa shape index (κ2) is 7.41. The number of benzene rings is 1. The van der Waals surface area contributed by atoms with Crippen molar-refractivity contribution in [2.24, 2.45) is 4.99 Å². The van der Waals surface area contributed by atoms with Gasteiger partial charge in [0.25, 0.3) is 0 Å². The molecule has 126 valence electrons. The third-order valence-corrected chi connectivity index (χ3v) is 4.66. The SMILES string of the molecule is CCNC(=NCc1ccc(Cl)cc1OC)NC1CC2CCC1O2. The number of methoxy groups -OCH3 is 1. The van der Waals surface area contributed by atoms with E-state index in [0.29, 0.717) is 29.8 Å². The third-order valence-electron chi connectivity index (χ3n) is 4.43. The van der Waals surface area contributed by atoms with E-state index in [9.17, 15) is 0 Å². The van der Waals surface area contributed by atoms with Gasteiger partial charge < -0.3 is 20.1 Å². The van der Waals surface area contributed by atoms with Crippen LogP contribution in [0.5, 0.6) is 5.75 Å². The number of nitrogens with zero attached hydrogens (tertiary/aromatic N) is 1. The molecule has 0 aliphatic carbocycles.